The third kappa shape index (κ3) is 2.08. The summed E-state index contributed by atoms with van der Waals surface area (Å²) in [5.41, 5.74) is 0. The molecule has 1 fully saturated rings. The van der Waals surface area contributed by atoms with Gasteiger partial charge in [0.15, 0.2) is 0 Å². The summed E-state index contributed by atoms with van der Waals surface area (Å²) in [6.45, 7) is 5.29. The Morgan fingerprint density at radius 1 is 1.64 bits per heavy atom. The summed E-state index contributed by atoms with van der Waals surface area (Å²) in [5, 5.41) is 15.4. The third-order valence-corrected chi connectivity index (χ3v) is 2.11. The van der Waals surface area contributed by atoms with Crippen LogP contribution in [0.25, 0.3) is 0 Å². The number of ether oxygens (including phenoxy) is 1. The van der Waals surface area contributed by atoms with Crippen LogP contribution in [-0.2, 0) is 11.3 Å². The monoisotopic (exact) mass is 197 g/mol. The number of aromatic nitrogens is 4. The second-order valence-corrected chi connectivity index (χ2v) is 3.31. The summed E-state index contributed by atoms with van der Waals surface area (Å²) in [7, 11) is 0. The zero-order chi connectivity index (χ0) is 9.80. The average Bonchev–Trinajstić information content (AvgIpc) is 2.68. The number of nitrogens with one attached hydrogen (secondary N) is 1. The predicted octanol–water partition coefficient (Wildman–Crippen LogP) is -0.256. The van der Waals surface area contributed by atoms with E-state index in [1.807, 2.05) is 0 Å². The average molecular weight is 197 g/mol. The van der Waals surface area contributed by atoms with Gasteiger partial charge in [-0.05, 0) is 11.6 Å². The van der Waals surface area contributed by atoms with Crippen molar-refractivity contribution in [2.45, 2.75) is 26.0 Å². The van der Waals surface area contributed by atoms with E-state index in [0.29, 0.717) is 12.4 Å². The van der Waals surface area contributed by atoms with Crippen LogP contribution in [0.1, 0.15) is 25.3 Å². The predicted molar refractivity (Wildman–Crippen MR) is 49.7 cm³/mol. The Hall–Kier alpha value is -1.01. The molecule has 1 N–H and O–H groups in total. The van der Waals surface area contributed by atoms with Crippen molar-refractivity contribution in [2.75, 3.05) is 19.7 Å². The zero-order valence-corrected chi connectivity index (χ0v) is 8.31. The first-order chi connectivity index (χ1) is 6.90. The summed E-state index contributed by atoms with van der Waals surface area (Å²) in [4.78, 5) is 1.62. The van der Waals surface area contributed by atoms with E-state index < -0.39 is 0 Å². The van der Waals surface area contributed by atoms with E-state index in [1.165, 1.54) is 0 Å². The molecule has 1 aromatic rings. The van der Waals surface area contributed by atoms with E-state index >= 15 is 0 Å². The molecule has 1 saturated heterocycles. The fourth-order valence-corrected chi connectivity index (χ4v) is 1.41. The summed E-state index contributed by atoms with van der Waals surface area (Å²) in [5.74, 6) is 0.686. The van der Waals surface area contributed by atoms with Crippen molar-refractivity contribution < 1.29 is 4.74 Å². The standard InChI is InChI=1S/C8H15N5O/c1-2-4-13-11-8(10-12-13)7-6-9-3-5-14-7/h7,9H,2-6H2,1H3. The molecule has 0 saturated carbocycles. The summed E-state index contributed by atoms with van der Waals surface area (Å²) >= 11 is 0. The lowest BCUT2D eigenvalue weighted by molar-refractivity contribution is 0.0219. The van der Waals surface area contributed by atoms with Gasteiger partial charge in [0.1, 0.15) is 6.10 Å². The Morgan fingerprint density at radius 2 is 2.57 bits per heavy atom. The molecule has 0 aliphatic carbocycles. The highest BCUT2D eigenvalue weighted by Crippen LogP contribution is 2.12. The number of hydrogen-bond donors (Lipinski definition) is 1. The summed E-state index contributed by atoms with van der Waals surface area (Å²) in [6.07, 6.45) is 0.980. The lowest BCUT2D eigenvalue weighted by Crippen LogP contribution is -2.34. The van der Waals surface area contributed by atoms with E-state index in [1.54, 1.807) is 4.80 Å². The lowest BCUT2D eigenvalue weighted by atomic mass is 10.3. The van der Waals surface area contributed by atoms with Gasteiger partial charge in [-0.2, -0.15) is 4.80 Å². The van der Waals surface area contributed by atoms with Crippen LogP contribution in [0.4, 0.5) is 0 Å². The van der Waals surface area contributed by atoms with E-state index in [-0.39, 0.29) is 6.10 Å². The minimum absolute atomic E-state index is 0.0330. The highest BCUT2D eigenvalue weighted by Gasteiger charge is 2.20. The molecule has 2 heterocycles. The first-order valence-corrected chi connectivity index (χ1v) is 5.00. The smallest absolute Gasteiger partial charge is 0.204 e. The van der Waals surface area contributed by atoms with E-state index in [4.69, 9.17) is 4.74 Å². The van der Waals surface area contributed by atoms with Gasteiger partial charge in [0.25, 0.3) is 0 Å². The van der Waals surface area contributed by atoms with Crippen molar-refractivity contribution >= 4 is 0 Å². The van der Waals surface area contributed by atoms with Gasteiger partial charge in [-0.15, -0.1) is 10.2 Å². The van der Waals surface area contributed by atoms with Gasteiger partial charge in [-0.3, -0.25) is 0 Å². The van der Waals surface area contributed by atoms with Crippen LogP contribution in [0.2, 0.25) is 0 Å². The Kier molecular flexibility index (Phi) is 3.05. The second-order valence-electron chi connectivity index (χ2n) is 3.31. The lowest BCUT2D eigenvalue weighted by Gasteiger charge is -2.20. The molecule has 1 atom stereocenters. The zero-order valence-electron chi connectivity index (χ0n) is 8.31. The minimum Gasteiger partial charge on any atom is -0.367 e. The molecular weight excluding hydrogens is 182 g/mol. The molecule has 2 rings (SSSR count). The number of nitrogens with zero attached hydrogens (tertiary/aromatic N) is 4. The van der Waals surface area contributed by atoms with Crippen molar-refractivity contribution in [1.82, 2.24) is 25.5 Å². The number of aryl methyl sites for hydroxylation is 1. The number of rotatable bonds is 3. The molecule has 0 aromatic carbocycles. The molecule has 78 valence electrons. The number of morpholine rings is 1. The molecule has 0 bridgehead atoms. The van der Waals surface area contributed by atoms with Crippen LogP contribution in [0.15, 0.2) is 0 Å². The molecule has 0 amide bonds. The third-order valence-electron chi connectivity index (χ3n) is 2.11. The first-order valence-electron chi connectivity index (χ1n) is 5.00. The van der Waals surface area contributed by atoms with Crippen molar-refractivity contribution in [3.63, 3.8) is 0 Å². The Bertz CT molecular complexity index is 281. The van der Waals surface area contributed by atoms with Crippen molar-refractivity contribution in [1.29, 1.82) is 0 Å². The summed E-state index contributed by atoms with van der Waals surface area (Å²) in [6, 6.07) is 0. The molecule has 0 spiro atoms. The molecule has 1 unspecified atom stereocenters. The van der Waals surface area contributed by atoms with Crippen LogP contribution in [0.5, 0.6) is 0 Å². The van der Waals surface area contributed by atoms with Gasteiger partial charge >= 0.3 is 0 Å². The molecule has 6 nitrogen and oxygen atoms in total. The van der Waals surface area contributed by atoms with E-state index in [2.05, 4.69) is 27.7 Å². The fourth-order valence-electron chi connectivity index (χ4n) is 1.41. The van der Waals surface area contributed by atoms with Crippen LogP contribution < -0.4 is 5.32 Å². The highest BCUT2D eigenvalue weighted by molar-refractivity contribution is 4.88. The van der Waals surface area contributed by atoms with Gasteiger partial charge in [0.2, 0.25) is 5.82 Å². The largest absolute Gasteiger partial charge is 0.367 e. The van der Waals surface area contributed by atoms with Crippen LogP contribution >= 0.6 is 0 Å². The van der Waals surface area contributed by atoms with E-state index in [0.717, 1.165) is 26.1 Å². The number of tetrazole rings is 1. The maximum Gasteiger partial charge on any atom is 0.204 e. The maximum absolute atomic E-state index is 5.51. The Labute approximate surface area is 82.6 Å². The highest BCUT2D eigenvalue weighted by atomic mass is 16.5. The van der Waals surface area contributed by atoms with Gasteiger partial charge in [-0.25, -0.2) is 0 Å². The Balaban J connectivity index is 2.00. The SMILES string of the molecule is CCCn1nnc(C2CNCCO2)n1. The van der Waals surface area contributed by atoms with Crippen molar-refractivity contribution in [3.8, 4) is 0 Å². The van der Waals surface area contributed by atoms with Crippen LogP contribution in [0.3, 0.4) is 0 Å². The van der Waals surface area contributed by atoms with Gasteiger partial charge in [-0.1, -0.05) is 6.92 Å². The fraction of sp³-hybridized carbons (Fsp3) is 0.875. The topological polar surface area (TPSA) is 64.9 Å². The normalized spacial score (nSPS) is 22.5. The first kappa shape index (κ1) is 9.54. The summed E-state index contributed by atoms with van der Waals surface area (Å²) < 4.78 is 5.51. The molecule has 0 radical (unpaired) electrons. The molecule has 6 heteroatoms. The minimum atomic E-state index is -0.0330. The van der Waals surface area contributed by atoms with Crippen molar-refractivity contribution in [3.05, 3.63) is 5.82 Å². The van der Waals surface area contributed by atoms with Crippen LogP contribution in [0, 0.1) is 0 Å². The number of hydrogen-bond acceptors (Lipinski definition) is 5. The molecule has 14 heavy (non-hydrogen) atoms. The van der Waals surface area contributed by atoms with Crippen molar-refractivity contribution in [2.24, 2.45) is 0 Å². The van der Waals surface area contributed by atoms with Crippen LogP contribution in [-0.4, -0.2) is 39.9 Å². The Morgan fingerprint density at radius 3 is 3.29 bits per heavy atom. The molecule has 1 aromatic heterocycles. The van der Waals surface area contributed by atoms with Gasteiger partial charge in [0.05, 0.1) is 13.2 Å². The quantitative estimate of drug-likeness (QED) is 0.723. The van der Waals surface area contributed by atoms with Gasteiger partial charge < -0.3 is 10.1 Å². The molecule has 1 aliphatic rings. The van der Waals surface area contributed by atoms with Gasteiger partial charge in [0, 0.05) is 13.1 Å². The van der Waals surface area contributed by atoms with E-state index in [9.17, 15) is 0 Å². The second kappa shape index (κ2) is 4.47. The molecule has 1 aliphatic heterocycles. The maximum atomic E-state index is 5.51. The molecular formula is C8H15N5O.